The Kier molecular flexibility index (Phi) is 6.37. The molecule has 0 saturated carbocycles. The number of benzene rings is 1. The van der Waals surface area contributed by atoms with Crippen molar-refractivity contribution in [3.63, 3.8) is 0 Å². The summed E-state index contributed by atoms with van der Waals surface area (Å²) in [7, 11) is 3.59. The molecule has 1 heterocycles. The maximum atomic E-state index is 13.9. The van der Waals surface area contributed by atoms with E-state index in [-0.39, 0.29) is 5.82 Å². The topological polar surface area (TPSA) is 38.3 Å². The molecular formula is C16H17ClFN3OS2. The number of aromatic nitrogens is 2. The lowest BCUT2D eigenvalue weighted by Gasteiger charge is -2.16. The second kappa shape index (κ2) is 8.09. The van der Waals surface area contributed by atoms with Crippen LogP contribution in [0.1, 0.15) is 16.8 Å². The molecule has 0 radical (unpaired) electrons. The van der Waals surface area contributed by atoms with Crippen molar-refractivity contribution in [2.75, 3.05) is 14.1 Å². The molecule has 0 saturated heterocycles. The molecule has 8 heteroatoms. The van der Waals surface area contributed by atoms with E-state index in [4.69, 9.17) is 28.6 Å². The summed E-state index contributed by atoms with van der Waals surface area (Å²) >= 11 is 12.5. The van der Waals surface area contributed by atoms with Gasteiger partial charge in [-0.05, 0) is 38.2 Å². The van der Waals surface area contributed by atoms with E-state index in [1.165, 1.54) is 17.8 Å². The zero-order chi connectivity index (χ0) is 17.9. The Morgan fingerprint density at radius 1 is 1.33 bits per heavy atom. The van der Waals surface area contributed by atoms with Gasteiger partial charge in [0.05, 0.1) is 0 Å². The summed E-state index contributed by atoms with van der Waals surface area (Å²) in [5.41, 5.74) is 2.02. The minimum absolute atomic E-state index is 0.310. The van der Waals surface area contributed by atoms with Crippen LogP contribution in [0.25, 0.3) is 0 Å². The van der Waals surface area contributed by atoms with Crippen LogP contribution in [0.4, 0.5) is 4.39 Å². The normalized spacial score (nSPS) is 10.6. The fourth-order valence-corrected chi connectivity index (χ4v) is 3.03. The molecule has 0 spiro atoms. The number of hydrogen-bond acceptors (Lipinski definition) is 5. The van der Waals surface area contributed by atoms with Crippen LogP contribution in [0.2, 0.25) is 5.02 Å². The molecule has 0 N–H and O–H groups in total. The van der Waals surface area contributed by atoms with Crippen molar-refractivity contribution in [1.82, 2.24) is 14.9 Å². The quantitative estimate of drug-likeness (QED) is 0.441. The molecule has 0 fully saturated rings. The highest BCUT2D eigenvalue weighted by molar-refractivity contribution is 7.98. The monoisotopic (exact) mass is 385 g/mol. The molecule has 24 heavy (non-hydrogen) atoms. The minimum atomic E-state index is -0.343. The smallest absolute Gasteiger partial charge is 0.265 e. The van der Waals surface area contributed by atoms with Gasteiger partial charge in [0, 0.05) is 41.7 Å². The molecule has 0 aliphatic carbocycles. The third kappa shape index (κ3) is 4.55. The number of nitrogens with zero attached hydrogens (tertiary/aromatic N) is 3. The van der Waals surface area contributed by atoms with Gasteiger partial charge >= 0.3 is 0 Å². The second-order valence-electron chi connectivity index (χ2n) is 5.27. The summed E-state index contributed by atoms with van der Waals surface area (Å²) in [5, 5.41) is 1.18. The SMILES string of the molecule is Cc1nc(SCc2c(F)cccc2Cl)nc(OC(=S)N(C)C)c1C. The Hall–Kier alpha value is -1.44. The lowest BCUT2D eigenvalue weighted by molar-refractivity contribution is 0.429. The highest BCUT2D eigenvalue weighted by Crippen LogP contribution is 2.29. The first-order valence-electron chi connectivity index (χ1n) is 7.09. The Balaban J connectivity index is 2.22. The summed E-state index contributed by atoms with van der Waals surface area (Å²) in [6, 6.07) is 4.62. The lowest BCUT2D eigenvalue weighted by atomic mass is 10.2. The van der Waals surface area contributed by atoms with Gasteiger partial charge < -0.3 is 9.64 Å². The molecule has 0 amide bonds. The van der Waals surface area contributed by atoms with E-state index in [1.54, 1.807) is 31.1 Å². The maximum Gasteiger partial charge on any atom is 0.265 e. The van der Waals surface area contributed by atoms with E-state index in [2.05, 4.69) is 9.97 Å². The fraction of sp³-hybridized carbons (Fsp3) is 0.312. The maximum absolute atomic E-state index is 13.9. The number of thioether (sulfide) groups is 1. The van der Waals surface area contributed by atoms with Gasteiger partial charge in [0.15, 0.2) is 5.16 Å². The van der Waals surface area contributed by atoms with Gasteiger partial charge in [0.25, 0.3) is 5.17 Å². The Morgan fingerprint density at radius 2 is 2.04 bits per heavy atom. The van der Waals surface area contributed by atoms with Gasteiger partial charge in [0.1, 0.15) is 5.82 Å². The number of halogens is 2. The zero-order valence-corrected chi connectivity index (χ0v) is 16.2. The van der Waals surface area contributed by atoms with Gasteiger partial charge in [-0.1, -0.05) is 29.4 Å². The molecule has 1 aromatic carbocycles. The van der Waals surface area contributed by atoms with E-state index in [9.17, 15) is 4.39 Å². The van der Waals surface area contributed by atoms with Crippen molar-refractivity contribution in [3.05, 3.63) is 45.9 Å². The molecule has 0 unspecified atom stereocenters. The summed E-state index contributed by atoms with van der Waals surface area (Å²) in [5.74, 6) is 0.387. The number of thiocarbonyl (C=S) groups is 1. The van der Waals surface area contributed by atoms with E-state index < -0.39 is 0 Å². The Morgan fingerprint density at radius 3 is 2.67 bits per heavy atom. The second-order valence-corrected chi connectivity index (χ2v) is 6.97. The molecule has 2 aromatic rings. The van der Waals surface area contributed by atoms with Crippen molar-refractivity contribution in [1.29, 1.82) is 0 Å². The Labute approximate surface area is 155 Å². The standard InChI is InChI=1S/C16H17ClFN3OS2/c1-9-10(2)19-15(20-14(9)22-16(23)21(3)4)24-8-11-12(17)6-5-7-13(11)18/h5-7H,8H2,1-4H3. The minimum Gasteiger partial charge on any atom is -0.412 e. The van der Waals surface area contributed by atoms with Crippen LogP contribution in [-0.4, -0.2) is 34.1 Å². The van der Waals surface area contributed by atoms with Crippen LogP contribution in [-0.2, 0) is 5.75 Å². The average Bonchev–Trinajstić information content (AvgIpc) is 2.51. The van der Waals surface area contributed by atoms with Crippen molar-refractivity contribution in [2.45, 2.75) is 24.8 Å². The highest BCUT2D eigenvalue weighted by Gasteiger charge is 2.14. The Bertz CT molecular complexity index is 751. The van der Waals surface area contributed by atoms with Gasteiger partial charge in [0.2, 0.25) is 5.88 Å². The number of hydrogen-bond donors (Lipinski definition) is 0. The first-order valence-corrected chi connectivity index (χ1v) is 8.86. The largest absolute Gasteiger partial charge is 0.412 e. The molecule has 2 rings (SSSR count). The molecule has 128 valence electrons. The molecule has 0 atom stereocenters. The lowest BCUT2D eigenvalue weighted by Crippen LogP contribution is -2.26. The van der Waals surface area contributed by atoms with Crippen LogP contribution in [0.15, 0.2) is 23.4 Å². The summed E-state index contributed by atoms with van der Waals surface area (Å²) in [6.45, 7) is 3.73. The first-order chi connectivity index (χ1) is 11.3. The zero-order valence-electron chi connectivity index (χ0n) is 13.8. The fourth-order valence-electron chi connectivity index (χ4n) is 1.72. The van der Waals surface area contributed by atoms with E-state index in [1.807, 2.05) is 13.8 Å². The van der Waals surface area contributed by atoms with E-state index in [0.29, 0.717) is 32.5 Å². The van der Waals surface area contributed by atoms with Gasteiger partial charge in [-0.15, -0.1) is 0 Å². The molecular weight excluding hydrogens is 369 g/mol. The molecule has 4 nitrogen and oxygen atoms in total. The molecule has 0 aliphatic rings. The summed E-state index contributed by atoms with van der Waals surface area (Å²) < 4.78 is 19.5. The molecule has 0 aliphatic heterocycles. The van der Waals surface area contributed by atoms with Crippen molar-refractivity contribution < 1.29 is 9.13 Å². The highest BCUT2D eigenvalue weighted by atomic mass is 35.5. The van der Waals surface area contributed by atoms with Crippen molar-refractivity contribution in [3.8, 4) is 5.88 Å². The van der Waals surface area contributed by atoms with Crippen LogP contribution in [0, 0.1) is 19.7 Å². The van der Waals surface area contributed by atoms with Crippen molar-refractivity contribution >= 4 is 40.8 Å². The van der Waals surface area contributed by atoms with Crippen LogP contribution < -0.4 is 4.74 Å². The molecule has 1 aromatic heterocycles. The first kappa shape index (κ1) is 18.9. The van der Waals surface area contributed by atoms with Gasteiger partial charge in [-0.2, -0.15) is 4.98 Å². The number of ether oxygens (including phenoxy) is 1. The van der Waals surface area contributed by atoms with Gasteiger partial charge in [-0.3, -0.25) is 0 Å². The molecule has 0 bridgehead atoms. The third-order valence-corrected chi connectivity index (χ3v) is 4.96. The number of aryl methyl sites for hydroxylation is 1. The van der Waals surface area contributed by atoms with Crippen LogP contribution >= 0.6 is 35.6 Å². The predicted molar refractivity (Wildman–Crippen MR) is 99.4 cm³/mol. The predicted octanol–water partition coefficient (Wildman–Crippen LogP) is 4.40. The van der Waals surface area contributed by atoms with E-state index in [0.717, 1.165) is 11.3 Å². The number of rotatable bonds is 4. The summed E-state index contributed by atoms with van der Waals surface area (Å²) in [6.07, 6.45) is 0. The van der Waals surface area contributed by atoms with Gasteiger partial charge in [-0.25, -0.2) is 9.37 Å². The summed E-state index contributed by atoms with van der Waals surface area (Å²) in [4.78, 5) is 10.5. The van der Waals surface area contributed by atoms with Crippen molar-refractivity contribution in [2.24, 2.45) is 0 Å². The van der Waals surface area contributed by atoms with Crippen LogP contribution in [0.3, 0.4) is 0 Å². The average molecular weight is 386 g/mol. The van der Waals surface area contributed by atoms with E-state index >= 15 is 0 Å². The third-order valence-electron chi connectivity index (χ3n) is 3.28. The van der Waals surface area contributed by atoms with Crippen LogP contribution in [0.5, 0.6) is 5.88 Å².